The van der Waals surface area contributed by atoms with Crippen LogP contribution < -0.4 is 0 Å². The summed E-state index contributed by atoms with van der Waals surface area (Å²) in [6.45, 7) is 2.16. The van der Waals surface area contributed by atoms with Crippen LogP contribution >= 0.6 is 15.9 Å². The molecular weight excluding hydrogens is 297 g/mol. The van der Waals surface area contributed by atoms with Gasteiger partial charge in [-0.15, -0.1) is 0 Å². The van der Waals surface area contributed by atoms with E-state index in [9.17, 15) is 13.2 Å². The smallest absolute Gasteiger partial charge is 0.299 e. The molecule has 0 aliphatic carbocycles. The van der Waals surface area contributed by atoms with Crippen LogP contribution in [0.1, 0.15) is 11.4 Å². The molecule has 0 spiro atoms. The number of hydrogen-bond donors (Lipinski definition) is 0. The van der Waals surface area contributed by atoms with Gasteiger partial charge in [0.1, 0.15) is 4.83 Å². The van der Waals surface area contributed by atoms with Crippen LogP contribution in [-0.2, 0) is 6.54 Å². The van der Waals surface area contributed by atoms with Crippen molar-refractivity contribution in [2.45, 2.75) is 24.5 Å². The van der Waals surface area contributed by atoms with E-state index in [1.807, 2.05) is 19.1 Å². The summed E-state index contributed by atoms with van der Waals surface area (Å²) in [6, 6.07) is 5.51. The molecule has 1 heterocycles. The summed E-state index contributed by atoms with van der Waals surface area (Å²) in [5.74, 6) is 0. The van der Waals surface area contributed by atoms with E-state index in [1.54, 1.807) is 18.0 Å². The molecule has 1 aromatic heterocycles. The molecule has 2 nitrogen and oxygen atoms in total. The van der Waals surface area contributed by atoms with Gasteiger partial charge < -0.3 is 0 Å². The summed E-state index contributed by atoms with van der Waals surface area (Å²) >= 11 is 2.64. The first-order valence-corrected chi connectivity index (χ1v) is 6.02. The highest BCUT2D eigenvalue weighted by molar-refractivity contribution is 9.09. The van der Waals surface area contributed by atoms with Gasteiger partial charge in [0.15, 0.2) is 0 Å². The van der Waals surface area contributed by atoms with Crippen molar-refractivity contribution in [3.63, 3.8) is 0 Å². The minimum atomic E-state index is -4.21. The van der Waals surface area contributed by atoms with Crippen LogP contribution in [0.5, 0.6) is 0 Å². The average Bonchev–Trinajstić information content (AvgIpc) is 2.15. The lowest BCUT2D eigenvalue weighted by Crippen LogP contribution is -2.35. The van der Waals surface area contributed by atoms with Crippen molar-refractivity contribution >= 4 is 15.9 Å². The third-order valence-corrected chi connectivity index (χ3v) is 3.01. The lowest BCUT2D eigenvalue weighted by atomic mass is 10.3. The van der Waals surface area contributed by atoms with Gasteiger partial charge in [0.25, 0.3) is 0 Å². The molecule has 0 aliphatic rings. The Balaban J connectivity index is 2.53. The number of halogens is 4. The summed E-state index contributed by atoms with van der Waals surface area (Å²) in [5.41, 5.74) is 1.64. The fraction of sp³-hybridized carbons (Fsp3) is 0.545. The van der Waals surface area contributed by atoms with Gasteiger partial charge >= 0.3 is 6.18 Å². The van der Waals surface area contributed by atoms with Crippen LogP contribution in [0.25, 0.3) is 0 Å². The summed E-state index contributed by atoms with van der Waals surface area (Å²) in [5, 5.41) is 0. The Kier molecular flexibility index (Phi) is 4.94. The zero-order valence-electron chi connectivity index (χ0n) is 9.63. The lowest BCUT2D eigenvalue weighted by Gasteiger charge is -2.21. The van der Waals surface area contributed by atoms with Gasteiger partial charge in [0, 0.05) is 18.8 Å². The topological polar surface area (TPSA) is 16.1 Å². The van der Waals surface area contributed by atoms with Gasteiger partial charge in [-0.3, -0.25) is 9.88 Å². The summed E-state index contributed by atoms with van der Waals surface area (Å²) in [7, 11) is 1.64. The second kappa shape index (κ2) is 5.82. The Hall–Kier alpha value is -0.620. The SMILES string of the molecule is Cc1cccc(CN(C)CC(Br)C(F)(F)F)n1. The molecule has 1 unspecified atom stereocenters. The van der Waals surface area contributed by atoms with Gasteiger partial charge in [-0.1, -0.05) is 22.0 Å². The maximum Gasteiger partial charge on any atom is 0.402 e. The zero-order chi connectivity index (χ0) is 13.1. The molecule has 6 heteroatoms. The molecule has 0 N–H and O–H groups in total. The molecule has 0 aliphatic heterocycles. The third kappa shape index (κ3) is 5.04. The number of hydrogen-bond acceptors (Lipinski definition) is 2. The van der Waals surface area contributed by atoms with E-state index in [-0.39, 0.29) is 6.54 Å². The van der Waals surface area contributed by atoms with Crippen LogP contribution in [0.4, 0.5) is 13.2 Å². The predicted molar refractivity (Wildman–Crippen MR) is 64.1 cm³/mol. The van der Waals surface area contributed by atoms with Crippen molar-refractivity contribution in [1.82, 2.24) is 9.88 Å². The second-order valence-electron chi connectivity index (χ2n) is 3.98. The quantitative estimate of drug-likeness (QED) is 0.794. The van der Waals surface area contributed by atoms with Crippen LogP contribution in [-0.4, -0.2) is 34.5 Å². The Bertz CT molecular complexity index is 368. The van der Waals surface area contributed by atoms with E-state index in [0.717, 1.165) is 11.4 Å². The Labute approximate surface area is 107 Å². The maximum atomic E-state index is 12.3. The number of nitrogens with zero attached hydrogens (tertiary/aromatic N) is 2. The molecule has 0 saturated heterocycles. The largest absolute Gasteiger partial charge is 0.402 e. The standard InChI is InChI=1S/C11H14BrF3N2/c1-8-4-3-5-9(16-8)6-17(2)7-10(12)11(13,14)15/h3-5,10H,6-7H2,1-2H3. The summed E-state index contributed by atoms with van der Waals surface area (Å²) < 4.78 is 37.0. The van der Waals surface area contributed by atoms with Crippen molar-refractivity contribution < 1.29 is 13.2 Å². The average molecular weight is 311 g/mol. The molecule has 0 aromatic carbocycles. The van der Waals surface area contributed by atoms with E-state index in [2.05, 4.69) is 20.9 Å². The fourth-order valence-corrected chi connectivity index (χ4v) is 1.90. The summed E-state index contributed by atoms with van der Waals surface area (Å²) in [4.78, 5) is 4.33. The van der Waals surface area contributed by atoms with E-state index < -0.39 is 11.0 Å². The molecule has 0 radical (unpaired) electrons. The molecule has 96 valence electrons. The highest BCUT2D eigenvalue weighted by Gasteiger charge is 2.38. The monoisotopic (exact) mass is 310 g/mol. The molecule has 1 rings (SSSR count). The van der Waals surface area contributed by atoms with Crippen molar-refractivity contribution in [2.24, 2.45) is 0 Å². The third-order valence-electron chi connectivity index (χ3n) is 2.21. The Morgan fingerprint density at radius 3 is 2.59 bits per heavy atom. The van der Waals surface area contributed by atoms with Crippen molar-refractivity contribution in [2.75, 3.05) is 13.6 Å². The van der Waals surface area contributed by atoms with Gasteiger partial charge in [0.2, 0.25) is 0 Å². The predicted octanol–water partition coefficient (Wildman–Crippen LogP) is 3.15. The minimum Gasteiger partial charge on any atom is -0.299 e. The Morgan fingerprint density at radius 2 is 2.06 bits per heavy atom. The first kappa shape index (κ1) is 14.4. The van der Waals surface area contributed by atoms with Crippen molar-refractivity contribution in [3.05, 3.63) is 29.6 Å². The zero-order valence-corrected chi connectivity index (χ0v) is 11.2. The van der Waals surface area contributed by atoms with Crippen LogP contribution in [0.15, 0.2) is 18.2 Å². The normalized spacial score (nSPS) is 14.1. The first-order valence-electron chi connectivity index (χ1n) is 5.11. The number of aryl methyl sites for hydroxylation is 1. The van der Waals surface area contributed by atoms with Gasteiger partial charge in [0.05, 0.1) is 5.69 Å². The molecule has 1 aromatic rings. The van der Waals surface area contributed by atoms with Gasteiger partial charge in [-0.25, -0.2) is 0 Å². The van der Waals surface area contributed by atoms with Crippen molar-refractivity contribution in [3.8, 4) is 0 Å². The second-order valence-corrected chi connectivity index (χ2v) is 5.08. The maximum absolute atomic E-state index is 12.3. The molecule has 0 fully saturated rings. The molecular formula is C11H14BrF3N2. The minimum absolute atomic E-state index is 0.0981. The highest BCUT2D eigenvalue weighted by atomic mass is 79.9. The molecule has 0 saturated carbocycles. The van der Waals surface area contributed by atoms with E-state index in [0.29, 0.717) is 6.54 Å². The van der Waals surface area contributed by atoms with Crippen LogP contribution in [0.2, 0.25) is 0 Å². The lowest BCUT2D eigenvalue weighted by molar-refractivity contribution is -0.130. The number of alkyl halides is 4. The van der Waals surface area contributed by atoms with Gasteiger partial charge in [-0.05, 0) is 26.1 Å². The number of pyridine rings is 1. The van der Waals surface area contributed by atoms with Gasteiger partial charge in [-0.2, -0.15) is 13.2 Å². The Morgan fingerprint density at radius 1 is 1.41 bits per heavy atom. The van der Waals surface area contributed by atoms with E-state index in [4.69, 9.17) is 0 Å². The molecule has 17 heavy (non-hydrogen) atoms. The van der Waals surface area contributed by atoms with Crippen molar-refractivity contribution in [1.29, 1.82) is 0 Å². The molecule has 0 bridgehead atoms. The van der Waals surface area contributed by atoms with Crippen LogP contribution in [0.3, 0.4) is 0 Å². The fourth-order valence-electron chi connectivity index (χ4n) is 1.41. The van der Waals surface area contributed by atoms with Crippen LogP contribution in [0, 0.1) is 6.92 Å². The number of rotatable bonds is 4. The molecule has 1 atom stereocenters. The summed E-state index contributed by atoms with van der Waals surface area (Å²) in [6.07, 6.45) is -4.21. The molecule has 0 amide bonds. The number of aromatic nitrogens is 1. The van der Waals surface area contributed by atoms with E-state index >= 15 is 0 Å². The highest BCUT2D eigenvalue weighted by Crippen LogP contribution is 2.26. The van der Waals surface area contributed by atoms with E-state index in [1.165, 1.54) is 0 Å². The first-order chi connectivity index (χ1) is 7.79.